The van der Waals surface area contributed by atoms with Crippen LogP contribution in [0, 0.1) is 6.92 Å². The van der Waals surface area contributed by atoms with Crippen molar-refractivity contribution in [1.29, 1.82) is 0 Å². The van der Waals surface area contributed by atoms with Gasteiger partial charge < -0.3 is 15.4 Å². The van der Waals surface area contributed by atoms with Gasteiger partial charge in [-0.1, -0.05) is 24.3 Å². The molecular weight excluding hydrogens is 392 g/mol. The zero-order valence-electron chi connectivity index (χ0n) is 17.1. The number of aryl methyl sites for hydroxylation is 1. The van der Waals surface area contributed by atoms with Crippen LogP contribution in [-0.4, -0.2) is 12.9 Å². The number of Topliss-reactive ketones (excluding diaryl/α,β-unsaturated/α-hetero) is 1. The molecule has 5 rings (SSSR count). The van der Waals surface area contributed by atoms with Crippen molar-refractivity contribution in [3.05, 3.63) is 87.3 Å². The quantitative estimate of drug-likeness (QED) is 0.546. The van der Waals surface area contributed by atoms with Gasteiger partial charge >= 0.3 is 0 Å². The van der Waals surface area contributed by atoms with E-state index < -0.39 is 0 Å². The summed E-state index contributed by atoms with van der Waals surface area (Å²) < 4.78 is 5.29. The fourth-order valence-corrected chi connectivity index (χ4v) is 5.23. The maximum atomic E-state index is 13.5. The van der Waals surface area contributed by atoms with Gasteiger partial charge in [0.25, 0.3) is 0 Å². The van der Waals surface area contributed by atoms with Crippen LogP contribution in [-0.2, 0) is 4.79 Å². The average molecular weight is 417 g/mol. The first-order chi connectivity index (χ1) is 14.6. The summed E-state index contributed by atoms with van der Waals surface area (Å²) in [6, 6.07) is 18.5. The van der Waals surface area contributed by atoms with Crippen molar-refractivity contribution in [2.45, 2.75) is 31.7 Å². The molecule has 30 heavy (non-hydrogen) atoms. The zero-order chi connectivity index (χ0) is 20.7. The van der Waals surface area contributed by atoms with Crippen molar-refractivity contribution in [3.8, 4) is 5.75 Å². The second kappa shape index (κ2) is 7.65. The highest BCUT2D eigenvalue weighted by molar-refractivity contribution is 7.10. The lowest BCUT2D eigenvalue weighted by Crippen LogP contribution is -2.26. The van der Waals surface area contributed by atoms with Gasteiger partial charge in [-0.15, -0.1) is 11.3 Å². The summed E-state index contributed by atoms with van der Waals surface area (Å²) in [6.45, 7) is 2.09. The van der Waals surface area contributed by atoms with E-state index in [-0.39, 0.29) is 17.7 Å². The van der Waals surface area contributed by atoms with Crippen LogP contribution in [0.2, 0.25) is 0 Å². The Balaban J connectivity index is 1.57. The monoisotopic (exact) mass is 416 g/mol. The minimum Gasteiger partial charge on any atom is -0.497 e. The van der Waals surface area contributed by atoms with Crippen molar-refractivity contribution >= 4 is 28.5 Å². The van der Waals surface area contributed by atoms with Crippen molar-refractivity contribution in [3.63, 3.8) is 0 Å². The standard InChI is InChI=1S/C25H24N2O2S/c1-15-5-10-19-20(12-15)27-25(23-4-3-11-30-23)24-21(26-19)13-17(14-22(24)28)16-6-8-18(29-2)9-7-16/h3-12,17,25-27H,13-14H2,1-2H3. The topological polar surface area (TPSA) is 50.4 Å². The number of nitrogens with one attached hydrogen (secondary N) is 2. The summed E-state index contributed by atoms with van der Waals surface area (Å²) in [5.41, 5.74) is 6.32. The number of carbonyl (C=O) groups is 1. The molecule has 2 heterocycles. The number of methoxy groups -OCH3 is 1. The fraction of sp³-hybridized carbons (Fsp3) is 0.240. The number of anilines is 2. The number of ketones is 1. The van der Waals surface area contributed by atoms with E-state index >= 15 is 0 Å². The van der Waals surface area contributed by atoms with Crippen LogP contribution in [0.3, 0.4) is 0 Å². The number of thiophene rings is 1. The highest BCUT2D eigenvalue weighted by Crippen LogP contribution is 2.45. The van der Waals surface area contributed by atoms with Gasteiger partial charge in [0.05, 0.1) is 24.5 Å². The van der Waals surface area contributed by atoms with Crippen LogP contribution in [0.5, 0.6) is 5.75 Å². The molecule has 0 spiro atoms. The SMILES string of the molecule is COc1ccc(C2CC(=O)C3=C(C2)Nc2ccc(C)cc2NC3c2cccs2)cc1. The molecule has 0 saturated carbocycles. The second-order valence-corrected chi connectivity index (χ2v) is 8.94. The first-order valence-electron chi connectivity index (χ1n) is 10.2. The molecule has 0 radical (unpaired) electrons. The summed E-state index contributed by atoms with van der Waals surface area (Å²) in [6.07, 6.45) is 1.33. The number of fused-ring (bicyclic) bond motifs is 1. The fourth-order valence-electron chi connectivity index (χ4n) is 4.44. The molecule has 2 unspecified atom stereocenters. The third kappa shape index (κ3) is 3.39. The Kier molecular flexibility index (Phi) is 4.83. The smallest absolute Gasteiger partial charge is 0.163 e. The zero-order valence-corrected chi connectivity index (χ0v) is 17.9. The lowest BCUT2D eigenvalue weighted by atomic mass is 9.79. The molecule has 4 nitrogen and oxygen atoms in total. The number of allylic oxidation sites excluding steroid dienone is 1. The number of rotatable bonds is 3. The van der Waals surface area contributed by atoms with E-state index in [4.69, 9.17) is 4.74 Å². The third-order valence-electron chi connectivity index (χ3n) is 5.97. The van der Waals surface area contributed by atoms with Crippen molar-refractivity contribution in [2.24, 2.45) is 0 Å². The van der Waals surface area contributed by atoms with E-state index in [9.17, 15) is 4.79 Å². The van der Waals surface area contributed by atoms with Crippen molar-refractivity contribution in [2.75, 3.05) is 17.7 Å². The molecule has 1 aliphatic heterocycles. The Bertz CT molecular complexity index is 1120. The maximum Gasteiger partial charge on any atom is 0.163 e. The van der Waals surface area contributed by atoms with Crippen LogP contribution >= 0.6 is 11.3 Å². The van der Waals surface area contributed by atoms with Gasteiger partial charge in [-0.05, 0) is 66.1 Å². The molecule has 0 fully saturated rings. The Hall–Kier alpha value is -3.05. The second-order valence-electron chi connectivity index (χ2n) is 7.96. The van der Waals surface area contributed by atoms with Crippen LogP contribution in [0.4, 0.5) is 11.4 Å². The minimum absolute atomic E-state index is 0.125. The number of ether oxygens (including phenoxy) is 1. The highest BCUT2D eigenvalue weighted by Gasteiger charge is 2.36. The van der Waals surface area contributed by atoms with E-state index in [0.717, 1.165) is 39.7 Å². The lowest BCUT2D eigenvalue weighted by molar-refractivity contribution is -0.116. The van der Waals surface area contributed by atoms with Crippen LogP contribution in [0.15, 0.2) is 71.2 Å². The summed E-state index contributed by atoms with van der Waals surface area (Å²) in [5.74, 6) is 1.20. The number of benzene rings is 2. The molecule has 2 atom stereocenters. The molecule has 1 aromatic heterocycles. The predicted octanol–water partition coefficient (Wildman–Crippen LogP) is 6.04. The molecule has 0 amide bonds. The molecule has 152 valence electrons. The molecule has 3 aromatic rings. The first-order valence-corrected chi connectivity index (χ1v) is 11.1. The molecule has 1 aliphatic carbocycles. The number of hydrogen-bond donors (Lipinski definition) is 2. The van der Waals surface area contributed by atoms with Gasteiger partial charge in [0.15, 0.2) is 5.78 Å². The Labute approximate surface area is 180 Å². The molecule has 0 bridgehead atoms. The molecule has 0 saturated heterocycles. The van der Waals surface area contributed by atoms with Crippen LogP contribution in [0.1, 0.15) is 40.8 Å². The van der Waals surface area contributed by atoms with Gasteiger partial charge in [-0.25, -0.2) is 0 Å². The van der Waals surface area contributed by atoms with E-state index in [0.29, 0.717) is 6.42 Å². The van der Waals surface area contributed by atoms with Gasteiger partial charge in [0.1, 0.15) is 5.75 Å². The summed E-state index contributed by atoms with van der Waals surface area (Å²) in [4.78, 5) is 14.6. The molecular formula is C25H24N2O2S. The Morgan fingerprint density at radius 1 is 1.03 bits per heavy atom. The largest absolute Gasteiger partial charge is 0.497 e. The first kappa shape index (κ1) is 18.9. The lowest BCUT2D eigenvalue weighted by Gasteiger charge is -2.29. The number of hydrogen-bond acceptors (Lipinski definition) is 5. The molecule has 2 N–H and O–H groups in total. The summed E-state index contributed by atoms with van der Waals surface area (Å²) in [5, 5.41) is 9.33. The minimum atomic E-state index is -0.125. The van der Waals surface area contributed by atoms with Gasteiger partial charge in [0, 0.05) is 22.6 Å². The number of carbonyl (C=O) groups excluding carboxylic acids is 1. The predicted molar refractivity (Wildman–Crippen MR) is 122 cm³/mol. The average Bonchev–Trinajstić information content (AvgIpc) is 3.23. The highest BCUT2D eigenvalue weighted by atomic mass is 32.1. The third-order valence-corrected chi connectivity index (χ3v) is 6.91. The normalized spacial score (nSPS) is 20.5. The summed E-state index contributed by atoms with van der Waals surface area (Å²) in [7, 11) is 1.67. The van der Waals surface area contributed by atoms with Crippen LogP contribution in [0.25, 0.3) is 0 Å². The van der Waals surface area contributed by atoms with E-state index in [1.165, 1.54) is 11.1 Å². The van der Waals surface area contributed by atoms with Crippen molar-refractivity contribution < 1.29 is 9.53 Å². The Morgan fingerprint density at radius 3 is 2.60 bits per heavy atom. The molecule has 5 heteroatoms. The molecule has 2 aromatic carbocycles. The van der Waals surface area contributed by atoms with Crippen LogP contribution < -0.4 is 15.4 Å². The summed E-state index contributed by atoms with van der Waals surface area (Å²) >= 11 is 1.69. The van der Waals surface area contributed by atoms with Gasteiger partial charge in [-0.2, -0.15) is 0 Å². The van der Waals surface area contributed by atoms with E-state index in [1.807, 2.05) is 18.2 Å². The van der Waals surface area contributed by atoms with E-state index in [2.05, 4.69) is 59.3 Å². The molecule has 2 aliphatic rings. The van der Waals surface area contributed by atoms with Gasteiger partial charge in [0.2, 0.25) is 0 Å². The Morgan fingerprint density at radius 2 is 1.87 bits per heavy atom. The van der Waals surface area contributed by atoms with Gasteiger partial charge in [-0.3, -0.25) is 4.79 Å². The van der Waals surface area contributed by atoms with Crippen molar-refractivity contribution in [1.82, 2.24) is 0 Å². The van der Waals surface area contributed by atoms with E-state index in [1.54, 1.807) is 18.4 Å². The maximum absolute atomic E-state index is 13.5.